The van der Waals surface area contributed by atoms with Gasteiger partial charge < -0.3 is 5.32 Å². The minimum Gasteiger partial charge on any atom is -0.339 e. The van der Waals surface area contributed by atoms with E-state index in [2.05, 4.69) is 20.7 Å². The average Bonchev–Trinajstić information content (AvgIpc) is 2.35. The number of hydrogen-bond donors (Lipinski definition) is 3. The van der Waals surface area contributed by atoms with Gasteiger partial charge in [0.2, 0.25) is 5.95 Å². The second kappa shape index (κ2) is 5.18. The van der Waals surface area contributed by atoms with E-state index in [0.29, 0.717) is 27.5 Å². The largest absolute Gasteiger partial charge is 0.339 e. The Morgan fingerprint density at radius 1 is 1.18 bits per heavy atom. The van der Waals surface area contributed by atoms with Gasteiger partial charge in [-0.25, -0.2) is 10.8 Å². The van der Waals surface area contributed by atoms with Crippen LogP contribution in [-0.4, -0.2) is 9.97 Å². The summed E-state index contributed by atoms with van der Waals surface area (Å²) in [6.45, 7) is 0. The molecule has 5 nitrogen and oxygen atoms in total. The van der Waals surface area contributed by atoms with E-state index in [0.717, 1.165) is 0 Å². The minimum absolute atomic E-state index is 0.313. The molecule has 17 heavy (non-hydrogen) atoms. The van der Waals surface area contributed by atoms with Crippen molar-refractivity contribution in [2.45, 2.75) is 0 Å². The number of nitrogens with two attached hydrogens (primary N) is 1. The van der Waals surface area contributed by atoms with E-state index in [1.54, 1.807) is 30.5 Å². The summed E-state index contributed by atoms with van der Waals surface area (Å²) < 4.78 is 0. The molecule has 0 bridgehead atoms. The van der Waals surface area contributed by atoms with Crippen LogP contribution in [-0.2, 0) is 0 Å². The molecule has 1 aromatic carbocycles. The van der Waals surface area contributed by atoms with Crippen molar-refractivity contribution in [1.82, 2.24) is 9.97 Å². The molecular weight excluding hydrogens is 261 g/mol. The van der Waals surface area contributed by atoms with E-state index in [-0.39, 0.29) is 0 Å². The van der Waals surface area contributed by atoms with Gasteiger partial charge in [-0.05, 0) is 18.2 Å². The van der Waals surface area contributed by atoms with Crippen molar-refractivity contribution in [3.63, 3.8) is 0 Å². The molecule has 0 amide bonds. The third kappa shape index (κ3) is 2.76. The predicted octanol–water partition coefficient (Wildman–Crippen LogP) is 2.81. The van der Waals surface area contributed by atoms with Crippen LogP contribution in [0.5, 0.6) is 0 Å². The first-order valence-electron chi connectivity index (χ1n) is 4.71. The molecule has 0 fully saturated rings. The molecule has 7 heteroatoms. The Kier molecular flexibility index (Phi) is 3.63. The van der Waals surface area contributed by atoms with Crippen molar-refractivity contribution >= 4 is 40.7 Å². The van der Waals surface area contributed by atoms with Gasteiger partial charge in [-0.2, -0.15) is 4.98 Å². The topological polar surface area (TPSA) is 75.9 Å². The standard InChI is InChI=1S/C10H9Cl2N5/c11-6-2-1-3-7(9(6)12)15-8-4-5-14-10(16-8)17-13/h1-5H,13H2,(H2,14,15,16,17). The molecule has 0 aliphatic carbocycles. The van der Waals surface area contributed by atoms with E-state index in [4.69, 9.17) is 29.0 Å². The van der Waals surface area contributed by atoms with Gasteiger partial charge >= 0.3 is 0 Å². The van der Waals surface area contributed by atoms with Crippen LogP contribution in [0.4, 0.5) is 17.5 Å². The number of nitrogens with zero attached hydrogens (tertiary/aromatic N) is 2. The van der Waals surface area contributed by atoms with E-state index < -0.39 is 0 Å². The number of rotatable bonds is 3. The Morgan fingerprint density at radius 2 is 2.00 bits per heavy atom. The van der Waals surface area contributed by atoms with Crippen molar-refractivity contribution in [2.24, 2.45) is 5.84 Å². The summed E-state index contributed by atoms with van der Waals surface area (Å²) in [6.07, 6.45) is 1.57. The normalized spacial score (nSPS) is 10.1. The molecule has 0 atom stereocenters. The van der Waals surface area contributed by atoms with Gasteiger partial charge in [0.1, 0.15) is 5.82 Å². The van der Waals surface area contributed by atoms with Crippen LogP contribution in [0.3, 0.4) is 0 Å². The number of aromatic nitrogens is 2. The van der Waals surface area contributed by atoms with Crippen LogP contribution in [0, 0.1) is 0 Å². The predicted molar refractivity (Wildman–Crippen MR) is 69.6 cm³/mol. The highest BCUT2D eigenvalue weighted by Crippen LogP contribution is 2.31. The zero-order chi connectivity index (χ0) is 12.3. The number of benzene rings is 1. The highest BCUT2D eigenvalue weighted by atomic mass is 35.5. The molecule has 1 aromatic heterocycles. The van der Waals surface area contributed by atoms with Crippen LogP contribution in [0.25, 0.3) is 0 Å². The maximum atomic E-state index is 6.04. The smallest absolute Gasteiger partial charge is 0.239 e. The van der Waals surface area contributed by atoms with Gasteiger partial charge in [0.15, 0.2) is 0 Å². The summed E-state index contributed by atoms with van der Waals surface area (Å²) in [5.41, 5.74) is 3.03. The van der Waals surface area contributed by atoms with Gasteiger partial charge in [-0.15, -0.1) is 0 Å². The molecule has 2 rings (SSSR count). The Hall–Kier alpha value is -1.56. The first-order chi connectivity index (χ1) is 8.20. The lowest BCUT2D eigenvalue weighted by atomic mass is 10.3. The molecular formula is C10H9Cl2N5. The van der Waals surface area contributed by atoms with Crippen LogP contribution in [0.2, 0.25) is 10.0 Å². The maximum absolute atomic E-state index is 6.04. The van der Waals surface area contributed by atoms with Crippen LogP contribution in [0.15, 0.2) is 30.5 Å². The summed E-state index contributed by atoms with van der Waals surface area (Å²) in [5.74, 6) is 6.10. The quantitative estimate of drug-likeness (QED) is 0.590. The molecule has 0 saturated carbocycles. The van der Waals surface area contributed by atoms with Crippen LogP contribution >= 0.6 is 23.2 Å². The van der Waals surface area contributed by atoms with Gasteiger partial charge in [0.05, 0.1) is 15.7 Å². The molecule has 0 saturated heterocycles. The number of nitrogen functional groups attached to an aromatic ring is 1. The fraction of sp³-hybridized carbons (Fsp3) is 0. The fourth-order valence-electron chi connectivity index (χ4n) is 1.24. The lowest BCUT2D eigenvalue weighted by molar-refractivity contribution is 1.12. The summed E-state index contributed by atoms with van der Waals surface area (Å²) in [5, 5.41) is 3.94. The van der Waals surface area contributed by atoms with E-state index >= 15 is 0 Å². The molecule has 0 unspecified atom stereocenters. The number of nitrogens with one attached hydrogen (secondary N) is 2. The average molecular weight is 270 g/mol. The van der Waals surface area contributed by atoms with Gasteiger partial charge in [0.25, 0.3) is 0 Å². The maximum Gasteiger partial charge on any atom is 0.239 e. The monoisotopic (exact) mass is 269 g/mol. The number of anilines is 3. The zero-order valence-corrected chi connectivity index (χ0v) is 10.1. The lowest BCUT2D eigenvalue weighted by Crippen LogP contribution is -2.10. The van der Waals surface area contributed by atoms with Crippen molar-refractivity contribution < 1.29 is 0 Å². The Balaban J connectivity index is 2.28. The molecule has 0 radical (unpaired) electrons. The molecule has 88 valence electrons. The van der Waals surface area contributed by atoms with Crippen molar-refractivity contribution in [3.05, 3.63) is 40.5 Å². The summed E-state index contributed by atoms with van der Waals surface area (Å²) in [6, 6.07) is 6.99. The fourth-order valence-corrected chi connectivity index (χ4v) is 1.58. The summed E-state index contributed by atoms with van der Waals surface area (Å²) >= 11 is 11.9. The Bertz CT molecular complexity index is 532. The second-order valence-corrected chi connectivity index (χ2v) is 3.92. The second-order valence-electron chi connectivity index (χ2n) is 3.14. The minimum atomic E-state index is 0.313. The Labute approximate surface area is 108 Å². The van der Waals surface area contributed by atoms with Crippen LogP contribution < -0.4 is 16.6 Å². The zero-order valence-electron chi connectivity index (χ0n) is 8.61. The number of hydrogen-bond acceptors (Lipinski definition) is 5. The lowest BCUT2D eigenvalue weighted by Gasteiger charge is -2.08. The van der Waals surface area contributed by atoms with Crippen molar-refractivity contribution in [3.8, 4) is 0 Å². The molecule has 0 aliphatic heterocycles. The van der Waals surface area contributed by atoms with E-state index in [1.165, 1.54) is 0 Å². The highest BCUT2D eigenvalue weighted by Gasteiger charge is 2.05. The van der Waals surface area contributed by atoms with Gasteiger partial charge in [-0.3, -0.25) is 5.43 Å². The Morgan fingerprint density at radius 3 is 2.76 bits per heavy atom. The summed E-state index contributed by atoms with van der Waals surface area (Å²) in [4.78, 5) is 7.99. The van der Waals surface area contributed by atoms with Crippen LogP contribution in [0.1, 0.15) is 0 Å². The summed E-state index contributed by atoms with van der Waals surface area (Å²) in [7, 11) is 0. The third-order valence-electron chi connectivity index (χ3n) is 2.00. The highest BCUT2D eigenvalue weighted by molar-refractivity contribution is 6.43. The number of hydrazine groups is 1. The molecule has 4 N–H and O–H groups in total. The van der Waals surface area contributed by atoms with E-state index in [9.17, 15) is 0 Å². The molecule has 0 spiro atoms. The van der Waals surface area contributed by atoms with E-state index in [1.807, 2.05) is 0 Å². The SMILES string of the molecule is NNc1nccc(Nc2cccc(Cl)c2Cl)n1. The first kappa shape index (κ1) is 11.9. The van der Waals surface area contributed by atoms with Gasteiger partial charge in [0, 0.05) is 6.20 Å². The van der Waals surface area contributed by atoms with Gasteiger partial charge in [-0.1, -0.05) is 29.3 Å². The van der Waals surface area contributed by atoms with Crippen molar-refractivity contribution in [2.75, 3.05) is 10.7 Å². The number of halogens is 2. The van der Waals surface area contributed by atoms with Crippen molar-refractivity contribution in [1.29, 1.82) is 0 Å². The third-order valence-corrected chi connectivity index (χ3v) is 2.82. The molecule has 1 heterocycles. The first-order valence-corrected chi connectivity index (χ1v) is 5.47. The molecule has 2 aromatic rings. The molecule has 0 aliphatic rings.